The lowest BCUT2D eigenvalue weighted by Gasteiger charge is -2.39. The lowest BCUT2D eigenvalue weighted by atomic mass is 9.99. The van der Waals surface area contributed by atoms with E-state index in [1.165, 1.54) is 5.57 Å². The van der Waals surface area contributed by atoms with E-state index in [2.05, 4.69) is 11.0 Å². The van der Waals surface area contributed by atoms with E-state index >= 15 is 0 Å². The Morgan fingerprint density at radius 3 is 2.21 bits per heavy atom. The Kier molecular flexibility index (Phi) is 7.02. The predicted molar refractivity (Wildman–Crippen MR) is 114 cm³/mol. The zero-order valence-corrected chi connectivity index (χ0v) is 18.0. The minimum Gasteiger partial charge on any atom is -0.339 e. The maximum atomic E-state index is 12.9. The second-order valence-electron chi connectivity index (χ2n) is 7.51. The van der Waals surface area contributed by atoms with Gasteiger partial charge in [-0.05, 0) is 43.5 Å². The molecule has 0 spiro atoms. The van der Waals surface area contributed by atoms with Crippen LogP contribution in [0.3, 0.4) is 0 Å². The van der Waals surface area contributed by atoms with Gasteiger partial charge in [-0.15, -0.1) is 0 Å². The highest BCUT2D eigenvalue weighted by molar-refractivity contribution is 6.34. The summed E-state index contributed by atoms with van der Waals surface area (Å²) in [6, 6.07) is 5.35. The average Bonchev–Trinajstić information content (AvgIpc) is 2.70. The second-order valence-corrected chi connectivity index (χ2v) is 8.36. The SMILES string of the molecule is CC(=O)N1CCN(C(=O)C(C)N2CCC(=Cc3cc(Cl)ccc3Cl)CC2)CC1. The van der Waals surface area contributed by atoms with E-state index in [-0.39, 0.29) is 17.9 Å². The van der Waals surface area contributed by atoms with Crippen molar-refractivity contribution >= 4 is 41.1 Å². The summed E-state index contributed by atoms with van der Waals surface area (Å²) in [5, 5.41) is 1.38. The summed E-state index contributed by atoms with van der Waals surface area (Å²) in [5.74, 6) is 0.240. The standard InChI is InChI=1S/C21H27Cl2N3O2/c1-15(21(28)26-11-9-25(10-12-26)16(2)27)24-7-5-17(6-8-24)13-18-14-19(22)3-4-20(18)23/h3-4,13-15H,5-12H2,1-2H3. The fourth-order valence-electron chi connectivity index (χ4n) is 3.85. The summed E-state index contributed by atoms with van der Waals surface area (Å²) in [5.41, 5.74) is 2.28. The first-order valence-corrected chi connectivity index (χ1v) is 10.5. The van der Waals surface area contributed by atoms with Gasteiger partial charge in [0.15, 0.2) is 0 Å². The number of carbonyl (C=O) groups excluding carboxylic acids is 2. The van der Waals surface area contributed by atoms with E-state index in [1.54, 1.807) is 17.9 Å². The number of likely N-dealkylation sites (tertiary alicyclic amines) is 1. The van der Waals surface area contributed by atoms with Gasteiger partial charge in [-0.1, -0.05) is 34.9 Å². The Bertz CT molecular complexity index is 763. The summed E-state index contributed by atoms with van der Waals surface area (Å²) in [6.07, 6.45) is 3.95. The molecule has 0 aromatic heterocycles. The van der Waals surface area contributed by atoms with Crippen LogP contribution in [-0.2, 0) is 9.59 Å². The fourth-order valence-corrected chi connectivity index (χ4v) is 4.20. The first-order valence-electron chi connectivity index (χ1n) is 9.78. The van der Waals surface area contributed by atoms with Crippen LogP contribution < -0.4 is 0 Å². The number of halogens is 2. The van der Waals surface area contributed by atoms with Crippen LogP contribution in [0.25, 0.3) is 6.08 Å². The van der Waals surface area contributed by atoms with Crippen molar-refractivity contribution in [3.8, 4) is 0 Å². The minimum absolute atomic E-state index is 0.0790. The van der Waals surface area contributed by atoms with Crippen LogP contribution in [0.1, 0.15) is 32.3 Å². The molecule has 2 heterocycles. The molecule has 1 aromatic rings. The molecule has 2 saturated heterocycles. The largest absolute Gasteiger partial charge is 0.339 e. The van der Waals surface area contributed by atoms with Gasteiger partial charge in [-0.25, -0.2) is 0 Å². The van der Waals surface area contributed by atoms with Crippen molar-refractivity contribution in [2.75, 3.05) is 39.3 Å². The molecule has 2 fully saturated rings. The van der Waals surface area contributed by atoms with Crippen LogP contribution >= 0.6 is 23.2 Å². The highest BCUT2D eigenvalue weighted by Crippen LogP contribution is 2.27. The summed E-state index contributed by atoms with van der Waals surface area (Å²) in [6.45, 7) is 7.76. The Labute approximate surface area is 176 Å². The maximum absolute atomic E-state index is 12.9. The van der Waals surface area contributed by atoms with Crippen LogP contribution in [-0.4, -0.2) is 71.8 Å². The van der Waals surface area contributed by atoms with E-state index in [9.17, 15) is 9.59 Å². The molecule has 0 radical (unpaired) electrons. The van der Waals surface area contributed by atoms with Crippen LogP contribution in [0, 0.1) is 0 Å². The molecule has 0 bridgehead atoms. The van der Waals surface area contributed by atoms with Crippen molar-refractivity contribution in [3.63, 3.8) is 0 Å². The van der Waals surface area contributed by atoms with Crippen molar-refractivity contribution in [2.24, 2.45) is 0 Å². The molecule has 152 valence electrons. The third-order valence-electron chi connectivity index (χ3n) is 5.70. The molecule has 0 saturated carbocycles. The summed E-state index contributed by atoms with van der Waals surface area (Å²) < 4.78 is 0. The van der Waals surface area contributed by atoms with Gasteiger partial charge in [0.1, 0.15) is 0 Å². The molecule has 2 amide bonds. The highest BCUT2D eigenvalue weighted by atomic mass is 35.5. The molecule has 2 aliphatic rings. The van der Waals surface area contributed by atoms with E-state index in [0.717, 1.165) is 31.5 Å². The first kappa shape index (κ1) is 21.2. The van der Waals surface area contributed by atoms with Crippen molar-refractivity contribution in [2.45, 2.75) is 32.7 Å². The predicted octanol–water partition coefficient (Wildman–Crippen LogP) is 3.55. The number of hydrogen-bond donors (Lipinski definition) is 0. The molecular weight excluding hydrogens is 397 g/mol. The molecule has 3 rings (SSSR count). The van der Waals surface area contributed by atoms with E-state index < -0.39 is 0 Å². The first-order chi connectivity index (χ1) is 13.3. The number of amides is 2. The molecule has 7 heteroatoms. The highest BCUT2D eigenvalue weighted by Gasteiger charge is 2.30. The van der Waals surface area contributed by atoms with Crippen LogP contribution in [0.5, 0.6) is 0 Å². The fraction of sp³-hybridized carbons (Fsp3) is 0.524. The van der Waals surface area contributed by atoms with Gasteiger partial charge >= 0.3 is 0 Å². The summed E-state index contributed by atoms with van der Waals surface area (Å²) >= 11 is 12.3. The minimum atomic E-state index is -0.139. The van der Waals surface area contributed by atoms with Crippen LogP contribution in [0.15, 0.2) is 23.8 Å². The van der Waals surface area contributed by atoms with Crippen molar-refractivity contribution in [3.05, 3.63) is 39.4 Å². The number of rotatable bonds is 3. The Hall–Kier alpha value is -1.56. The Morgan fingerprint density at radius 2 is 1.61 bits per heavy atom. The van der Waals surface area contributed by atoms with E-state index in [4.69, 9.17) is 23.2 Å². The number of hydrogen-bond acceptors (Lipinski definition) is 3. The lowest BCUT2D eigenvalue weighted by molar-refractivity contribution is -0.142. The normalized spacial score (nSPS) is 19.5. The molecule has 28 heavy (non-hydrogen) atoms. The van der Waals surface area contributed by atoms with Crippen molar-refractivity contribution in [1.29, 1.82) is 0 Å². The quantitative estimate of drug-likeness (QED) is 0.746. The molecule has 0 N–H and O–H groups in total. The lowest BCUT2D eigenvalue weighted by Crippen LogP contribution is -2.55. The second kappa shape index (κ2) is 9.29. The Morgan fingerprint density at radius 1 is 1.00 bits per heavy atom. The number of nitrogens with zero attached hydrogens (tertiary/aromatic N) is 3. The Balaban J connectivity index is 1.54. The number of piperazine rings is 1. The van der Waals surface area contributed by atoms with E-state index in [0.29, 0.717) is 36.2 Å². The molecular formula is C21H27Cl2N3O2. The summed E-state index contributed by atoms with van der Waals surface area (Å²) in [7, 11) is 0. The van der Waals surface area contributed by atoms with Gasteiger partial charge < -0.3 is 9.80 Å². The topological polar surface area (TPSA) is 43.9 Å². The third kappa shape index (κ3) is 5.07. The maximum Gasteiger partial charge on any atom is 0.239 e. The van der Waals surface area contributed by atoms with Gasteiger partial charge in [0.25, 0.3) is 0 Å². The van der Waals surface area contributed by atoms with Gasteiger partial charge in [0.2, 0.25) is 11.8 Å². The van der Waals surface area contributed by atoms with Crippen LogP contribution in [0.2, 0.25) is 10.0 Å². The molecule has 5 nitrogen and oxygen atoms in total. The van der Waals surface area contributed by atoms with Crippen LogP contribution in [0.4, 0.5) is 0 Å². The van der Waals surface area contributed by atoms with E-state index in [1.807, 2.05) is 24.0 Å². The van der Waals surface area contributed by atoms with Gasteiger partial charge in [-0.2, -0.15) is 0 Å². The molecule has 1 atom stereocenters. The van der Waals surface area contributed by atoms with Crippen molar-refractivity contribution < 1.29 is 9.59 Å². The molecule has 0 aliphatic carbocycles. The molecule has 2 aliphatic heterocycles. The zero-order chi connectivity index (χ0) is 20.3. The molecule has 1 aromatic carbocycles. The third-order valence-corrected chi connectivity index (χ3v) is 6.28. The zero-order valence-electron chi connectivity index (χ0n) is 16.5. The number of benzene rings is 1. The summed E-state index contributed by atoms with van der Waals surface area (Å²) in [4.78, 5) is 30.2. The average molecular weight is 424 g/mol. The van der Waals surface area contributed by atoms with Gasteiger partial charge in [0, 0.05) is 56.2 Å². The van der Waals surface area contributed by atoms with Gasteiger partial charge in [0.05, 0.1) is 6.04 Å². The number of carbonyl (C=O) groups is 2. The number of piperidine rings is 1. The monoisotopic (exact) mass is 423 g/mol. The smallest absolute Gasteiger partial charge is 0.239 e. The van der Waals surface area contributed by atoms with Gasteiger partial charge in [-0.3, -0.25) is 14.5 Å². The molecule has 1 unspecified atom stereocenters. The van der Waals surface area contributed by atoms with Crippen molar-refractivity contribution in [1.82, 2.24) is 14.7 Å².